The fourth-order valence-corrected chi connectivity index (χ4v) is 2.10. The maximum Gasteiger partial charge on any atom is 0.179 e. The van der Waals surface area contributed by atoms with E-state index in [0.29, 0.717) is 11.1 Å². The average Bonchev–Trinajstić information content (AvgIpc) is 2.61. The first-order chi connectivity index (χ1) is 7.84. The van der Waals surface area contributed by atoms with Crippen molar-refractivity contribution in [2.75, 3.05) is 0 Å². The van der Waals surface area contributed by atoms with E-state index in [1.165, 1.54) is 19.3 Å². The molecule has 0 unspecified atom stereocenters. The number of fused-ring (bicyclic) bond motifs is 1. The summed E-state index contributed by atoms with van der Waals surface area (Å²) in [4.78, 5) is 0. The molecule has 0 radical (unpaired) electrons. The predicted molar refractivity (Wildman–Crippen MR) is 62.5 cm³/mol. The van der Waals surface area contributed by atoms with E-state index in [0.717, 1.165) is 18.0 Å². The van der Waals surface area contributed by atoms with Gasteiger partial charge in [0, 0.05) is 12.2 Å². The second kappa shape index (κ2) is 4.03. The average molecular weight is 237 g/mol. The molecule has 1 N–H and O–H groups in total. The van der Waals surface area contributed by atoms with Crippen LogP contribution >= 0.6 is 11.6 Å². The molecule has 2 heterocycles. The molecule has 2 aromatic rings. The predicted octanol–water partition coefficient (Wildman–Crippen LogP) is 2.02. The van der Waals surface area contributed by atoms with Crippen LogP contribution in [-0.4, -0.2) is 20.6 Å². The number of nitrogens with zero attached hydrogens (tertiary/aromatic N) is 3. The molecule has 0 spiro atoms. The van der Waals surface area contributed by atoms with Gasteiger partial charge in [0.1, 0.15) is 0 Å². The van der Waals surface area contributed by atoms with Gasteiger partial charge >= 0.3 is 0 Å². The molecule has 1 fully saturated rings. The molecule has 4 nitrogen and oxygen atoms in total. The van der Waals surface area contributed by atoms with Crippen LogP contribution in [0.15, 0.2) is 18.3 Å². The van der Waals surface area contributed by atoms with E-state index in [-0.39, 0.29) is 0 Å². The topological polar surface area (TPSA) is 42.2 Å². The van der Waals surface area contributed by atoms with Gasteiger partial charge in [0.25, 0.3) is 0 Å². The molecule has 1 aliphatic rings. The van der Waals surface area contributed by atoms with Crippen LogP contribution < -0.4 is 5.32 Å². The van der Waals surface area contributed by atoms with Gasteiger partial charge in [-0.15, -0.1) is 10.2 Å². The lowest BCUT2D eigenvalue weighted by atomic mass is 9.93. The van der Waals surface area contributed by atoms with Gasteiger partial charge < -0.3 is 5.32 Å². The largest absolute Gasteiger partial charge is 0.307 e. The Kier molecular flexibility index (Phi) is 2.53. The summed E-state index contributed by atoms with van der Waals surface area (Å²) in [5.74, 6) is 0.921. The van der Waals surface area contributed by atoms with Gasteiger partial charge in [-0.05, 0) is 25.0 Å². The van der Waals surface area contributed by atoms with Crippen molar-refractivity contribution in [2.45, 2.75) is 31.8 Å². The minimum Gasteiger partial charge on any atom is -0.307 e. The van der Waals surface area contributed by atoms with Crippen LogP contribution in [0.2, 0.25) is 5.02 Å². The number of pyridine rings is 1. The first-order valence-corrected chi connectivity index (χ1v) is 5.94. The van der Waals surface area contributed by atoms with Crippen molar-refractivity contribution in [3.63, 3.8) is 0 Å². The van der Waals surface area contributed by atoms with Crippen molar-refractivity contribution in [3.8, 4) is 0 Å². The molecule has 3 rings (SSSR count). The SMILES string of the molecule is Clc1cccn2c(CNC3CCC3)nnc12. The van der Waals surface area contributed by atoms with Crippen molar-refractivity contribution in [1.82, 2.24) is 19.9 Å². The van der Waals surface area contributed by atoms with E-state index in [1.54, 1.807) is 0 Å². The van der Waals surface area contributed by atoms with Gasteiger partial charge in [0.05, 0.1) is 11.6 Å². The van der Waals surface area contributed by atoms with Gasteiger partial charge in [-0.25, -0.2) is 0 Å². The number of aromatic nitrogens is 3. The Morgan fingerprint density at radius 1 is 1.44 bits per heavy atom. The number of hydrogen-bond donors (Lipinski definition) is 1. The molecule has 5 heteroatoms. The molecule has 0 atom stereocenters. The standard InChI is InChI=1S/C11H13ClN4/c12-9-5-2-6-16-10(14-15-11(9)16)7-13-8-3-1-4-8/h2,5-6,8,13H,1,3-4,7H2. The number of rotatable bonds is 3. The fourth-order valence-electron chi connectivity index (χ4n) is 1.90. The molecule has 0 amide bonds. The lowest BCUT2D eigenvalue weighted by Crippen LogP contribution is -2.35. The lowest BCUT2D eigenvalue weighted by Gasteiger charge is -2.26. The zero-order valence-corrected chi connectivity index (χ0v) is 9.61. The van der Waals surface area contributed by atoms with Gasteiger partial charge in [0.2, 0.25) is 0 Å². The summed E-state index contributed by atoms with van der Waals surface area (Å²) in [7, 11) is 0. The Hall–Kier alpha value is -1.13. The normalized spacial score (nSPS) is 16.6. The number of nitrogens with one attached hydrogen (secondary N) is 1. The third-order valence-corrected chi connectivity index (χ3v) is 3.41. The Labute approximate surface area is 98.6 Å². The first kappa shape index (κ1) is 10.1. The smallest absolute Gasteiger partial charge is 0.179 e. The summed E-state index contributed by atoms with van der Waals surface area (Å²) < 4.78 is 1.94. The Morgan fingerprint density at radius 3 is 3.06 bits per heavy atom. The molecule has 84 valence electrons. The monoisotopic (exact) mass is 236 g/mol. The molecular formula is C11H13ClN4. The summed E-state index contributed by atoms with van der Waals surface area (Å²) in [6.07, 6.45) is 5.83. The van der Waals surface area contributed by atoms with Gasteiger partial charge in [-0.3, -0.25) is 4.40 Å². The molecule has 1 aliphatic carbocycles. The summed E-state index contributed by atoms with van der Waals surface area (Å²) in [5, 5.41) is 12.3. The molecule has 16 heavy (non-hydrogen) atoms. The van der Waals surface area contributed by atoms with Crippen LogP contribution in [0.3, 0.4) is 0 Å². The molecule has 0 aliphatic heterocycles. The second-order valence-corrected chi connectivity index (χ2v) is 4.58. The minimum atomic E-state index is 0.643. The quantitative estimate of drug-likeness (QED) is 0.887. The third kappa shape index (κ3) is 1.68. The van der Waals surface area contributed by atoms with Crippen molar-refractivity contribution in [2.24, 2.45) is 0 Å². The molecule has 1 saturated carbocycles. The van der Waals surface area contributed by atoms with E-state index in [2.05, 4.69) is 15.5 Å². The highest BCUT2D eigenvalue weighted by Gasteiger charge is 2.17. The Bertz CT molecular complexity index is 504. The van der Waals surface area contributed by atoms with Gasteiger partial charge in [-0.2, -0.15) is 0 Å². The third-order valence-electron chi connectivity index (χ3n) is 3.11. The second-order valence-electron chi connectivity index (χ2n) is 4.17. The van der Waals surface area contributed by atoms with Crippen LogP contribution in [-0.2, 0) is 6.54 Å². The van der Waals surface area contributed by atoms with Crippen LogP contribution in [0.5, 0.6) is 0 Å². The molecule has 2 aromatic heterocycles. The van der Waals surface area contributed by atoms with Crippen LogP contribution in [0.25, 0.3) is 5.65 Å². The van der Waals surface area contributed by atoms with E-state index in [1.807, 2.05) is 22.7 Å². The zero-order valence-electron chi connectivity index (χ0n) is 8.86. The van der Waals surface area contributed by atoms with Crippen LogP contribution in [0, 0.1) is 0 Å². The highest BCUT2D eigenvalue weighted by atomic mass is 35.5. The minimum absolute atomic E-state index is 0.643. The van der Waals surface area contributed by atoms with E-state index < -0.39 is 0 Å². The summed E-state index contributed by atoms with van der Waals surface area (Å²) in [6, 6.07) is 4.40. The van der Waals surface area contributed by atoms with E-state index in [4.69, 9.17) is 11.6 Å². The van der Waals surface area contributed by atoms with Crippen molar-refractivity contribution in [3.05, 3.63) is 29.2 Å². The molecule has 0 aromatic carbocycles. The van der Waals surface area contributed by atoms with Crippen molar-refractivity contribution < 1.29 is 0 Å². The van der Waals surface area contributed by atoms with Gasteiger partial charge in [0.15, 0.2) is 11.5 Å². The molecule has 0 saturated heterocycles. The first-order valence-electron chi connectivity index (χ1n) is 5.56. The lowest BCUT2D eigenvalue weighted by molar-refractivity contribution is 0.335. The van der Waals surface area contributed by atoms with E-state index in [9.17, 15) is 0 Å². The highest BCUT2D eigenvalue weighted by Crippen LogP contribution is 2.19. The number of hydrogen-bond acceptors (Lipinski definition) is 3. The van der Waals surface area contributed by atoms with Gasteiger partial charge in [-0.1, -0.05) is 18.0 Å². The summed E-state index contributed by atoms with van der Waals surface area (Å²) in [6.45, 7) is 0.756. The molecule has 0 bridgehead atoms. The van der Waals surface area contributed by atoms with E-state index >= 15 is 0 Å². The number of halogens is 1. The maximum absolute atomic E-state index is 6.03. The highest BCUT2D eigenvalue weighted by molar-refractivity contribution is 6.33. The van der Waals surface area contributed by atoms with Crippen LogP contribution in [0.4, 0.5) is 0 Å². The summed E-state index contributed by atoms with van der Waals surface area (Å²) >= 11 is 6.03. The molecular weight excluding hydrogens is 224 g/mol. The maximum atomic E-state index is 6.03. The zero-order chi connectivity index (χ0) is 11.0. The Balaban J connectivity index is 1.83. The summed E-state index contributed by atoms with van der Waals surface area (Å²) in [5.41, 5.74) is 0.731. The van der Waals surface area contributed by atoms with Crippen molar-refractivity contribution >= 4 is 17.2 Å². The fraction of sp³-hybridized carbons (Fsp3) is 0.455. The Morgan fingerprint density at radius 2 is 2.31 bits per heavy atom. The van der Waals surface area contributed by atoms with Crippen LogP contribution in [0.1, 0.15) is 25.1 Å². The van der Waals surface area contributed by atoms with Crippen molar-refractivity contribution in [1.29, 1.82) is 0 Å².